The lowest BCUT2D eigenvalue weighted by atomic mass is 9.99. The SMILES string of the molecule is CN(CC1(N)CCOC1)C1CCS(=O)(=O)C1. The highest BCUT2D eigenvalue weighted by molar-refractivity contribution is 7.91. The molecule has 0 bridgehead atoms. The Morgan fingerprint density at radius 3 is 2.81 bits per heavy atom. The van der Waals surface area contributed by atoms with Crippen LogP contribution in [0.2, 0.25) is 0 Å². The van der Waals surface area contributed by atoms with Crippen LogP contribution in [0.5, 0.6) is 0 Å². The van der Waals surface area contributed by atoms with Gasteiger partial charge in [-0.05, 0) is 19.9 Å². The molecule has 94 valence electrons. The largest absolute Gasteiger partial charge is 0.379 e. The van der Waals surface area contributed by atoms with Crippen molar-refractivity contribution in [3.63, 3.8) is 0 Å². The second-order valence-corrected chi connectivity index (χ2v) is 7.37. The van der Waals surface area contributed by atoms with Gasteiger partial charge in [-0.1, -0.05) is 0 Å². The lowest BCUT2D eigenvalue weighted by Gasteiger charge is -2.31. The molecule has 16 heavy (non-hydrogen) atoms. The van der Waals surface area contributed by atoms with Gasteiger partial charge in [-0.2, -0.15) is 0 Å². The van der Waals surface area contributed by atoms with Crippen molar-refractivity contribution in [2.45, 2.75) is 24.4 Å². The molecule has 0 radical (unpaired) electrons. The van der Waals surface area contributed by atoms with Crippen molar-refractivity contribution in [1.29, 1.82) is 0 Å². The Labute approximate surface area is 96.9 Å². The Balaban J connectivity index is 1.91. The lowest BCUT2D eigenvalue weighted by Crippen LogP contribution is -2.52. The second kappa shape index (κ2) is 4.25. The average Bonchev–Trinajstić information content (AvgIpc) is 2.72. The fourth-order valence-corrected chi connectivity index (χ4v) is 4.30. The predicted octanol–water partition coefficient (Wildman–Crippen LogP) is -0.777. The molecule has 2 saturated heterocycles. The summed E-state index contributed by atoms with van der Waals surface area (Å²) in [6.07, 6.45) is 1.59. The van der Waals surface area contributed by atoms with Crippen LogP contribution < -0.4 is 5.73 Å². The van der Waals surface area contributed by atoms with Crippen LogP contribution in [-0.4, -0.2) is 63.2 Å². The number of sulfone groups is 1. The minimum absolute atomic E-state index is 0.131. The van der Waals surface area contributed by atoms with E-state index in [1.807, 2.05) is 7.05 Å². The number of ether oxygens (including phenoxy) is 1. The van der Waals surface area contributed by atoms with E-state index in [4.69, 9.17) is 10.5 Å². The van der Waals surface area contributed by atoms with Gasteiger partial charge in [0.1, 0.15) is 0 Å². The maximum Gasteiger partial charge on any atom is 0.151 e. The van der Waals surface area contributed by atoms with Crippen LogP contribution in [0.15, 0.2) is 0 Å². The average molecular weight is 248 g/mol. The summed E-state index contributed by atoms with van der Waals surface area (Å²) < 4.78 is 28.1. The van der Waals surface area contributed by atoms with E-state index in [0.717, 1.165) is 12.8 Å². The van der Waals surface area contributed by atoms with Crippen LogP contribution in [-0.2, 0) is 14.6 Å². The molecule has 5 nitrogen and oxygen atoms in total. The number of nitrogens with two attached hydrogens (primary N) is 1. The number of hydrogen-bond acceptors (Lipinski definition) is 5. The van der Waals surface area contributed by atoms with Crippen LogP contribution in [0.4, 0.5) is 0 Å². The second-order valence-electron chi connectivity index (χ2n) is 5.14. The molecule has 0 aromatic heterocycles. The van der Waals surface area contributed by atoms with Gasteiger partial charge in [0.2, 0.25) is 0 Å². The number of hydrogen-bond donors (Lipinski definition) is 1. The van der Waals surface area contributed by atoms with Gasteiger partial charge in [-0.3, -0.25) is 0 Å². The van der Waals surface area contributed by atoms with Crippen molar-refractivity contribution in [1.82, 2.24) is 4.90 Å². The monoisotopic (exact) mass is 248 g/mol. The Kier molecular flexibility index (Phi) is 3.27. The van der Waals surface area contributed by atoms with Gasteiger partial charge in [0.05, 0.1) is 23.7 Å². The van der Waals surface area contributed by atoms with Crippen LogP contribution in [0.1, 0.15) is 12.8 Å². The molecule has 2 atom stereocenters. The van der Waals surface area contributed by atoms with Crippen molar-refractivity contribution in [2.75, 3.05) is 38.3 Å². The molecule has 2 aliphatic heterocycles. The highest BCUT2D eigenvalue weighted by Crippen LogP contribution is 2.21. The van der Waals surface area contributed by atoms with Crippen molar-refractivity contribution >= 4 is 9.84 Å². The predicted molar refractivity (Wildman–Crippen MR) is 62.0 cm³/mol. The van der Waals surface area contributed by atoms with Crippen LogP contribution >= 0.6 is 0 Å². The molecular formula is C10H20N2O3S. The van der Waals surface area contributed by atoms with Gasteiger partial charge < -0.3 is 15.4 Å². The third-order valence-corrected chi connectivity index (χ3v) is 5.28. The van der Waals surface area contributed by atoms with E-state index in [1.165, 1.54) is 0 Å². The topological polar surface area (TPSA) is 72.6 Å². The van der Waals surface area contributed by atoms with Gasteiger partial charge in [-0.25, -0.2) is 8.42 Å². The van der Waals surface area contributed by atoms with Crippen molar-refractivity contribution in [3.8, 4) is 0 Å². The molecule has 6 heteroatoms. The zero-order chi connectivity index (χ0) is 11.8. The number of rotatable bonds is 3. The van der Waals surface area contributed by atoms with E-state index in [0.29, 0.717) is 25.5 Å². The van der Waals surface area contributed by atoms with E-state index >= 15 is 0 Å². The van der Waals surface area contributed by atoms with E-state index in [9.17, 15) is 8.42 Å². The molecule has 0 amide bonds. The molecule has 2 rings (SSSR count). The summed E-state index contributed by atoms with van der Waals surface area (Å²) in [4.78, 5) is 2.08. The van der Waals surface area contributed by atoms with E-state index in [-0.39, 0.29) is 17.3 Å². The third kappa shape index (κ3) is 2.74. The molecular weight excluding hydrogens is 228 g/mol. The smallest absolute Gasteiger partial charge is 0.151 e. The first-order chi connectivity index (χ1) is 7.40. The Morgan fingerprint density at radius 1 is 1.56 bits per heavy atom. The summed E-state index contributed by atoms with van der Waals surface area (Å²) in [5, 5.41) is 0. The van der Waals surface area contributed by atoms with Crippen molar-refractivity contribution in [3.05, 3.63) is 0 Å². The molecule has 2 unspecified atom stereocenters. The molecule has 2 N–H and O–H groups in total. The fourth-order valence-electron chi connectivity index (χ4n) is 2.50. The summed E-state index contributed by atoms with van der Waals surface area (Å²) in [5.41, 5.74) is 5.89. The zero-order valence-corrected chi connectivity index (χ0v) is 10.5. The first kappa shape index (κ1) is 12.3. The summed E-state index contributed by atoms with van der Waals surface area (Å²) in [5.74, 6) is 0.594. The Bertz CT molecular complexity index is 349. The van der Waals surface area contributed by atoms with E-state index in [2.05, 4.69) is 4.90 Å². The van der Waals surface area contributed by atoms with Gasteiger partial charge in [0, 0.05) is 19.2 Å². The molecule has 0 aliphatic carbocycles. The zero-order valence-electron chi connectivity index (χ0n) is 9.68. The van der Waals surface area contributed by atoms with Crippen LogP contribution in [0.3, 0.4) is 0 Å². The van der Waals surface area contributed by atoms with Gasteiger partial charge in [-0.15, -0.1) is 0 Å². The third-order valence-electron chi connectivity index (χ3n) is 3.53. The lowest BCUT2D eigenvalue weighted by molar-refractivity contribution is 0.150. The van der Waals surface area contributed by atoms with Crippen molar-refractivity contribution < 1.29 is 13.2 Å². The minimum atomic E-state index is -2.81. The van der Waals surface area contributed by atoms with Crippen molar-refractivity contribution in [2.24, 2.45) is 5.73 Å². The molecule has 2 fully saturated rings. The van der Waals surface area contributed by atoms with E-state index < -0.39 is 9.84 Å². The van der Waals surface area contributed by atoms with Crippen LogP contribution in [0, 0.1) is 0 Å². The standard InChI is InChI=1S/C10H20N2O3S/c1-12(7-10(11)3-4-15-8-10)9-2-5-16(13,14)6-9/h9H,2-8,11H2,1H3. The Hall–Kier alpha value is -0.170. The summed E-state index contributed by atoms with van der Waals surface area (Å²) in [6, 6.07) is 0.131. The highest BCUT2D eigenvalue weighted by atomic mass is 32.2. The van der Waals surface area contributed by atoms with Gasteiger partial charge >= 0.3 is 0 Å². The van der Waals surface area contributed by atoms with Gasteiger partial charge in [0.25, 0.3) is 0 Å². The number of likely N-dealkylation sites (N-methyl/N-ethyl adjacent to an activating group) is 1. The maximum absolute atomic E-state index is 11.4. The Morgan fingerprint density at radius 2 is 2.31 bits per heavy atom. The van der Waals surface area contributed by atoms with Gasteiger partial charge in [0.15, 0.2) is 9.84 Å². The molecule has 2 heterocycles. The molecule has 0 saturated carbocycles. The molecule has 0 spiro atoms. The summed E-state index contributed by atoms with van der Waals surface area (Å²) in [7, 11) is -0.851. The normalized spacial score (nSPS) is 38.3. The molecule has 2 aliphatic rings. The maximum atomic E-state index is 11.4. The van der Waals surface area contributed by atoms with E-state index in [1.54, 1.807) is 0 Å². The first-order valence-electron chi connectivity index (χ1n) is 5.68. The molecule has 0 aromatic carbocycles. The summed E-state index contributed by atoms with van der Waals surface area (Å²) in [6.45, 7) is 2.01. The van der Waals surface area contributed by atoms with Crippen LogP contribution in [0.25, 0.3) is 0 Å². The highest BCUT2D eigenvalue weighted by Gasteiger charge is 2.36. The summed E-state index contributed by atoms with van der Waals surface area (Å²) >= 11 is 0. The molecule has 0 aromatic rings. The fraction of sp³-hybridized carbons (Fsp3) is 1.00. The quantitative estimate of drug-likeness (QED) is 0.709. The number of nitrogens with zero attached hydrogens (tertiary/aromatic N) is 1. The minimum Gasteiger partial charge on any atom is -0.379 e. The first-order valence-corrected chi connectivity index (χ1v) is 7.50.